The van der Waals surface area contributed by atoms with E-state index in [0.29, 0.717) is 26.2 Å². The van der Waals surface area contributed by atoms with Crippen LogP contribution >= 0.6 is 0 Å². The molecule has 2 aromatic rings. The second-order valence-corrected chi connectivity index (χ2v) is 7.48. The van der Waals surface area contributed by atoms with Crippen molar-refractivity contribution < 1.29 is 14.3 Å². The Morgan fingerprint density at radius 3 is 1.96 bits per heavy atom. The van der Waals surface area contributed by atoms with Gasteiger partial charge in [-0.15, -0.1) is 0 Å². The fourth-order valence-corrected chi connectivity index (χ4v) is 3.59. The number of hydrogen-bond donors (Lipinski definition) is 0. The molecule has 1 heterocycles. The number of rotatable bonds is 5. The Morgan fingerprint density at radius 1 is 0.857 bits per heavy atom. The first kappa shape index (κ1) is 19.9. The van der Waals surface area contributed by atoms with Crippen LogP contribution in [0.25, 0.3) is 0 Å². The molecule has 1 aliphatic rings. The fourth-order valence-electron chi connectivity index (χ4n) is 3.59. The van der Waals surface area contributed by atoms with E-state index in [1.807, 2.05) is 65.6 Å². The summed E-state index contributed by atoms with van der Waals surface area (Å²) in [5, 5.41) is 0. The molecular formula is C23H28N2O3. The van der Waals surface area contributed by atoms with Crippen LogP contribution in [0.5, 0.6) is 0 Å². The number of carbonyl (C=O) groups is 2. The maximum Gasteiger partial charge on any atom is 0.410 e. The predicted molar refractivity (Wildman–Crippen MR) is 109 cm³/mol. The lowest BCUT2D eigenvalue weighted by Gasteiger charge is -2.36. The van der Waals surface area contributed by atoms with Crippen molar-refractivity contribution in [1.29, 1.82) is 0 Å². The normalized spacial score (nSPS) is 15.4. The molecular weight excluding hydrogens is 352 g/mol. The minimum atomic E-state index is -0.320. The van der Waals surface area contributed by atoms with Gasteiger partial charge in [-0.25, -0.2) is 4.79 Å². The number of amides is 2. The van der Waals surface area contributed by atoms with Crippen LogP contribution in [-0.2, 0) is 16.1 Å². The Balaban J connectivity index is 1.54. The van der Waals surface area contributed by atoms with Gasteiger partial charge in [0.2, 0.25) is 5.91 Å². The highest BCUT2D eigenvalue weighted by molar-refractivity contribution is 5.84. The SMILES string of the molecule is CC(C)C(C(=O)N1CCN(C(=O)OCc2ccccc2)CC1)c1ccccc1. The number of benzene rings is 2. The summed E-state index contributed by atoms with van der Waals surface area (Å²) >= 11 is 0. The van der Waals surface area contributed by atoms with Gasteiger partial charge in [0, 0.05) is 26.2 Å². The zero-order valence-electron chi connectivity index (χ0n) is 16.6. The van der Waals surface area contributed by atoms with Gasteiger partial charge in [-0.2, -0.15) is 0 Å². The van der Waals surface area contributed by atoms with Crippen LogP contribution in [0, 0.1) is 5.92 Å². The van der Waals surface area contributed by atoms with Crippen molar-refractivity contribution in [2.45, 2.75) is 26.4 Å². The molecule has 2 amide bonds. The lowest BCUT2D eigenvalue weighted by molar-refractivity contribution is -0.135. The lowest BCUT2D eigenvalue weighted by Crippen LogP contribution is -2.52. The molecule has 1 unspecified atom stereocenters. The Bertz CT molecular complexity index is 769. The molecule has 5 heteroatoms. The van der Waals surface area contributed by atoms with Gasteiger partial charge in [-0.1, -0.05) is 74.5 Å². The smallest absolute Gasteiger partial charge is 0.410 e. The average molecular weight is 380 g/mol. The zero-order chi connectivity index (χ0) is 19.9. The van der Waals surface area contributed by atoms with Crippen LogP contribution in [0.1, 0.15) is 30.9 Å². The minimum Gasteiger partial charge on any atom is -0.445 e. The van der Waals surface area contributed by atoms with Crippen LogP contribution in [0.4, 0.5) is 4.79 Å². The first-order valence-corrected chi connectivity index (χ1v) is 9.85. The molecule has 0 spiro atoms. The Labute approximate surface area is 166 Å². The third-order valence-corrected chi connectivity index (χ3v) is 5.15. The highest BCUT2D eigenvalue weighted by Gasteiger charge is 2.31. The molecule has 0 aliphatic carbocycles. The predicted octanol–water partition coefficient (Wildman–Crippen LogP) is 3.91. The molecule has 1 atom stereocenters. The van der Waals surface area contributed by atoms with E-state index in [9.17, 15) is 9.59 Å². The van der Waals surface area contributed by atoms with Gasteiger partial charge in [0.25, 0.3) is 0 Å². The second kappa shape index (κ2) is 9.40. The molecule has 0 N–H and O–H groups in total. The van der Waals surface area contributed by atoms with E-state index in [2.05, 4.69) is 13.8 Å². The van der Waals surface area contributed by atoms with Gasteiger partial charge < -0.3 is 14.5 Å². The van der Waals surface area contributed by atoms with Crippen molar-refractivity contribution in [3.8, 4) is 0 Å². The van der Waals surface area contributed by atoms with E-state index in [0.717, 1.165) is 11.1 Å². The first-order valence-electron chi connectivity index (χ1n) is 9.85. The summed E-state index contributed by atoms with van der Waals surface area (Å²) in [7, 11) is 0. The van der Waals surface area contributed by atoms with Crippen LogP contribution in [0.15, 0.2) is 60.7 Å². The number of carbonyl (C=O) groups excluding carboxylic acids is 2. The Kier molecular flexibility index (Phi) is 6.69. The zero-order valence-corrected chi connectivity index (χ0v) is 16.6. The number of hydrogen-bond acceptors (Lipinski definition) is 3. The molecule has 0 aromatic heterocycles. The van der Waals surface area contributed by atoms with Crippen LogP contribution in [0.2, 0.25) is 0 Å². The van der Waals surface area contributed by atoms with Crippen molar-refractivity contribution >= 4 is 12.0 Å². The van der Waals surface area contributed by atoms with Gasteiger partial charge in [0.1, 0.15) is 6.61 Å². The molecule has 1 aliphatic heterocycles. The second-order valence-electron chi connectivity index (χ2n) is 7.48. The molecule has 3 rings (SSSR count). The van der Waals surface area contributed by atoms with Crippen LogP contribution in [-0.4, -0.2) is 48.0 Å². The molecule has 1 fully saturated rings. The highest BCUT2D eigenvalue weighted by Crippen LogP contribution is 2.27. The monoisotopic (exact) mass is 380 g/mol. The summed E-state index contributed by atoms with van der Waals surface area (Å²) in [5.41, 5.74) is 2.01. The molecule has 5 nitrogen and oxygen atoms in total. The van der Waals surface area contributed by atoms with Crippen molar-refractivity contribution in [3.63, 3.8) is 0 Å². The molecule has 28 heavy (non-hydrogen) atoms. The van der Waals surface area contributed by atoms with Gasteiger partial charge in [-0.05, 0) is 17.0 Å². The first-order chi connectivity index (χ1) is 13.6. The van der Waals surface area contributed by atoms with Crippen molar-refractivity contribution in [2.75, 3.05) is 26.2 Å². The summed E-state index contributed by atoms with van der Waals surface area (Å²) in [6.07, 6.45) is -0.320. The highest BCUT2D eigenvalue weighted by atomic mass is 16.6. The van der Waals surface area contributed by atoms with Crippen LogP contribution < -0.4 is 0 Å². The number of ether oxygens (including phenoxy) is 1. The van der Waals surface area contributed by atoms with E-state index >= 15 is 0 Å². The topological polar surface area (TPSA) is 49.9 Å². The van der Waals surface area contributed by atoms with Gasteiger partial charge >= 0.3 is 6.09 Å². The molecule has 0 bridgehead atoms. The Hall–Kier alpha value is -2.82. The Morgan fingerprint density at radius 2 is 1.39 bits per heavy atom. The fraction of sp³-hybridized carbons (Fsp3) is 0.391. The standard InChI is InChI=1S/C23H28N2O3/c1-18(2)21(20-11-7-4-8-12-20)22(26)24-13-15-25(16-14-24)23(27)28-17-19-9-5-3-6-10-19/h3-12,18,21H,13-17H2,1-2H3. The lowest BCUT2D eigenvalue weighted by atomic mass is 9.87. The largest absolute Gasteiger partial charge is 0.445 e. The van der Waals surface area contributed by atoms with E-state index in [1.54, 1.807) is 4.90 Å². The van der Waals surface area contributed by atoms with Crippen molar-refractivity contribution in [2.24, 2.45) is 5.92 Å². The van der Waals surface area contributed by atoms with E-state index in [1.165, 1.54) is 0 Å². The third kappa shape index (κ3) is 4.91. The van der Waals surface area contributed by atoms with Gasteiger partial charge in [0.05, 0.1) is 5.92 Å². The van der Waals surface area contributed by atoms with Crippen molar-refractivity contribution in [1.82, 2.24) is 9.80 Å². The summed E-state index contributed by atoms with van der Waals surface area (Å²) in [5.74, 6) is 0.194. The molecule has 1 saturated heterocycles. The van der Waals surface area contributed by atoms with E-state index in [4.69, 9.17) is 4.74 Å². The van der Waals surface area contributed by atoms with E-state index < -0.39 is 0 Å². The third-order valence-electron chi connectivity index (χ3n) is 5.15. The maximum absolute atomic E-state index is 13.1. The van der Waals surface area contributed by atoms with Gasteiger partial charge in [0.15, 0.2) is 0 Å². The molecule has 2 aromatic carbocycles. The van der Waals surface area contributed by atoms with Crippen molar-refractivity contribution in [3.05, 3.63) is 71.8 Å². The quantitative estimate of drug-likeness (QED) is 0.790. The maximum atomic E-state index is 13.1. The minimum absolute atomic E-state index is 0.138. The molecule has 0 radical (unpaired) electrons. The van der Waals surface area contributed by atoms with E-state index in [-0.39, 0.29) is 30.4 Å². The average Bonchev–Trinajstić information content (AvgIpc) is 2.73. The summed E-state index contributed by atoms with van der Waals surface area (Å²) < 4.78 is 5.40. The molecule has 148 valence electrons. The number of piperazine rings is 1. The molecule has 0 saturated carbocycles. The van der Waals surface area contributed by atoms with Crippen LogP contribution in [0.3, 0.4) is 0 Å². The summed E-state index contributed by atoms with van der Waals surface area (Å²) in [6.45, 7) is 6.49. The summed E-state index contributed by atoms with van der Waals surface area (Å²) in [4.78, 5) is 29.0. The summed E-state index contributed by atoms with van der Waals surface area (Å²) in [6, 6.07) is 19.6. The van der Waals surface area contributed by atoms with Gasteiger partial charge in [-0.3, -0.25) is 4.79 Å². The number of nitrogens with zero attached hydrogens (tertiary/aromatic N) is 2.